The zero-order chi connectivity index (χ0) is 18.1. The van der Waals surface area contributed by atoms with Crippen molar-refractivity contribution in [1.29, 1.82) is 10.5 Å². The molecule has 0 heterocycles. The monoisotopic (exact) mass is 324 g/mol. The van der Waals surface area contributed by atoms with Crippen LogP contribution in [0, 0.1) is 22.7 Å². The van der Waals surface area contributed by atoms with Gasteiger partial charge in [0, 0.05) is 18.9 Å². The first kappa shape index (κ1) is 22.4. The van der Waals surface area contributed by atoms with Gasteiger partial charge in [0.05, 0.1) is 6.07 Å². The lowest BCUT2D eigenvalue weighted by atomic mass is 10.1. The van der Waals surface area contributed by atoms with Crippen LogP contribution in [0.3, 0.4) is 0 Å². The molecule has 0 aliphatic heterocycles. The van der Waals surface area contributed by atoms with Gasteiger partial charge in [-0.05, 0) is 12.8 Å². The van der Waals surface area contributed by atoms with Crippen molar-refractivity contribution in [2.24, 2.45) is 0 Å². The van der Waals surface area contributed by atoms with E-state index in [1.54, 1.807) is 0 Å². The third kappa shape index (κ3) is 19.1. The Morgan fingerprint density at radius 2 is 1.17 bits per heavy atom. The minimum atomic E-state index is -1.38. The highest BCUT2D eigenvalue weighted by Crippen LogP contribution is 2.08. The molecule has 0 bridgehead atoms. The third-order valence-electron chi connectivity index (χ3n) is 2.59. The van der Waals surface area contributed by atoms with E-state index in [0.29, 0.717) is 6.08 Å². The third-order valence-corrected chi connectivity index (χ3v) is 2.59. The molecule has 0 saturated carbocycles. The molecule has 0 amide bonds. The summed E-state index contributed by atoms with van der Waals surface area (Å²) in [4.78, 5) is 30.2. The lowest BCUT2D eigenvalue weighted by Gasteiger charge is -1.98. The number of allylic oxidation sites excluding steroid dienone is 1. The Bertz CT molecular complexity index is 479. The van der Waals surface area contributed by atoms with Gasteiger partial charge in [-0.1, -0.05) is 25.7 Å². The number of hydrogen-bond donors (Lipinski definition) is 3. The second-order valence-electron chi connectivity index (χ2n) is 4.51. The van der Waals surface area contributed by atoms with Gasteiger partial charge in [0.2, 0.25) is 0 Å². The Kier molecular flexibility index (Phi) is 15.1. The van der Waals surface area contributed by atoms with Crippen molar-refractivity contribution in [2.45, 2.75) is 51.4 Å². The van der Waals surface area contributed by atoms with Crippen LogP contribution in [0.15, 0.2) is 11.6 Å². The first-order chi connectivity index (χ1) is 10.8. The van der Waals surface area contributed by atoms with Crippen molar-refractivity contribution in [3.8, 4) is 12.1 Å². The lowest BCUT2D eigenvalue weighted by molar-refractivity contribution is -0.138. The highest BCUT2D eigenvalue weighted by Gasteiger charge is 2.02. The van der Waals surface area contributed by atoms with Gasteiger partial charge < -0.3 is 15.3 Å². The predicted molar refractivity (Wildman–Crippen MR) is 79.2 cm³/mol. The smallest absolute Gasteiger partial charge is 0.347 e. The fraction of sp³-hybridized carbons (Fsp3) is 0.533. The molecule has 8 heteroatoms. The van der Waals surface area contributed by atoms with E-state index in [-0.39, 0.29) is 12.8 Å². The Hall–Kier alpha value is -2.87. The van der Waals surface area contributed by atoms with Gasteiger partial charge in [-0.15, -0.1) is 0 Å². The summed E-state index contributed by atoms with van der Waals surface area (Å²) >= 11 is 0. The van der Waals surface area contributed by atoms with Gasteiger partial charge in [-0.3, -0.25) is 9.59 Å². The summed E-state index contributed by atoms with van der Waals surface area (Å²) in [6.45, 7) is 0. The molecule has 0 unspecified atom stereocenters. The minimum Gasteiger partial charge on any atom is -0.481 e. The van der Waals surface area contributed by atoms with E-state index in [1.165, 1.54) is 12.1 Å². The molecule has 126 valence electrons. The zero-order valence-corrected chi connectivity index (χ0v) is 12.7. The topological polar surface area (TPSA) is 159 Å². The van der Waals surface area contributed by atoms with Crippen LogP contribution in [-0.2, 0) is 14.4 Å². The van der Waals surface area contributed by atoms with Crippen molar-refractivity contribution < 1.29 is 29.7 Å². The quantitative estimate of drug-likeness (QED) is 0.313. The standard InChI is InChI=1S/C10H18O4.C5H2N2O2/c11-9(12)7-5-3-1-2-4-6-8-10(13)14;6-2-1-4(3-7)5(8)9/h1-8H2,(H,11,12)(H,13,14);1H,(H,8,9). The van der Waals surface area contributed by atoms with Crippen LogP contribution in [0.2, 0.25) is 0 Å². The first-order valence-electron chi connectivity index (χ1n) is 7.01. The van der Waals surface area contributed by atoms with E-state index in [1.807, 2.05) is 0 Å². The number of hydrogen-bond acceptors (Lipinski definition) is 5. The van der Waals surface area contributed by atoms with Crippen LogP contribution in [0.4, 0.5) is 0 Å². The molecule has 23 heavy (non-hydrogen) atoms. The van der Waals surface area contributed by atoms with Gasteiger partial charge in [-0.25, -0.2) is 4.79 Å². The highest BCUT2D eigenvalue weighted by atomic mass is 16.4. The van der Waals surface area contributed by atoms with Gasteiger partial charge in [0.15, 0.2) is 0 Å². The Balaban J connectivity index is 0. The van der Waals surface area contributed by atoms with Crippen LogP contribution in [0.25, 0.3) is 0 Å². The van der Waals surface area contributed by atoms with E-state index < -0.39 is 23.5 Å². The fourth-order valence-corrected chi connectivity index (χ4v) is 1.47. The number of unbranched alkanes of at least 4 members (excludes halogenated alkanes) is 5. The van der Waals surface area contributed by atoms with Crippen LogP contribution in [0.1, 0.15) is 51.4 Å². The molecule has 0 rings (SSSR count). The minimum absolute atomic E-state index is 0.245. The molecule has 0 spiro atoms. The molecule has 0 saturated heterocycles. The predicted octanol–water partition coefficient (Wildman–Crippen LogP) is 2.32. The highest BCUT2D eigenvalue weighted by molar-refractivity contribution is 5.91. The molecule has 0 radical (unpaired) electrons. The molecular formula is C15H20N2O6. The number of carboxylic acids is 3. The van der Waals surface area contributed by atoms with Gasteiger partial charge in [-0.2, -0.15) is 10.5 Å². The van der Waals surface area contributed by atoms with Crippen LogP contribution < -0.4 is 0 Å². The molecule has 8 nitrogen and oxygen atoms in total. The number of rotatable bonds is 10. The molecule has 0 aromatic heterocycles. The summed E-state index contributed by atoms with van der Waals surface area (Å²) in [7, 11) is 0. The zero-order valence-electron chi connectivity index (χ0n) is 12.7. The number of aliphatic carboxylic acids is 3. The molecule has 0 aliphatic carbocycles. The summed E-state index contributed by atoms with van der Waals surface area (Å²) in [5.74, 6) is -2.86. The van der Waals surface area contributed by atoms with Crippen molar-refractivity contribution >= 4 is 17.9 Å². The van der Waals surface area contributed by atoms with Gasteiger partial charge in [0.1, 0.15) is 11.6 Å². The Morgan fingerprint density at radius 3 is 1.39 bits per heavy atom. The van der Waals surface area contributed by atoms with E-state index in [4.69, 9.17) is 25.8 Å². The Morgan fingerprint density at radius 1 is 0.783 bits per heavy atom. The van der Waals surface area contributed by atoms with Crippen molar-refractivity contribution in [3.63, 3.8) is 0 Å². The average molecular weight is 324 g/mol. The van der Waals surface area contributed by atoms with Crippen molar-refractivity contribution in [3.05, 3.63) is 11.6 Å². The van der Waals surface area contributed by atoms with Gasteiger partial charge in [0.25, 0.3) is 0 Å². The molecule has 0 atom stereocenters. The second kappa shape index (κ2) is 15.5. The molecule has 0 aromatic carbocycles. The van der Waals surface area contributed by atoms with Crippen LogP contribution >= 0.6 is 0 Å². The summed E-state index contributed by atoms with van der Waals surface area (Å²) in [5, 5.41) is 40.6. The maximum Gasteiger partial charge on any atom is 0.347 e. The normalized spacial score (nSPS) is 9.74. The second-order valence-corrected chi connectivity index (χ2v) is 4.51. The summed E-state index contributed by atoms with van der Waals surface area (Å²) in [5.41, 5.74) is -0.544. The SMILES string of the molecule is N#CC=C(C#N)C(=O)O.O=C(O)CCCCCCCCC(=O)O. The number of carboxylic acid groups (broad SMARTS) is 3. The first-order valence-corrected chi connectivity index (χ1v) is 7.01. The largest absolute Gasteiger partial charge is 0.481 e. The van der Waals surface area contributed by atoms with E-state index in [0.717, 1.165) is 38.5 Å². The number of nitrogens with zero attached hydrogens (tertiary/aromatic N) is 2. The van der Waals surface area contributed by atoms with Gasteiger partial charge >= 0.3 is 17.9 Å². The van der Waals surface area contributed by atoms with E-state index >= 15 is 0 Å². The van der Waals surface area contributed by atoms with Crippen molar-refractivity contribution in [2.75, 3.05) is 0 Å². The fourth-order valence-electron chi connectivity index (χ4n) is 1.47. The molecule has 0 aliphatic rings. The Labute approximate surface area is 134 Å². The number of nitriles is 2. The molecule has 0 fully saturated rings. The summed E-state index contributed by atoms with van der Waals surface area (Å²) in [6, 6.07) is 2.78. The van der Waals surface area contributed by atoms with E-state index in [9.17, 15) is 14.4 Å². The van der Waals surface area contributed by atoms with Crippen LogP contribution in [-0.4, -0.2) is 33.2 Å². The maximum atomic E-state index is 10.1. The maximum absolute atomic E-state index is 10.1. The number of carbonyl (C=O) groups is 3. The average Bonchev–Trinajstić information content (AvgIpc) is 2.47. The molecule has 3 N–H and O–H groups in total. The lowest BCUT2D eigenvalue weighted by Crippen LogP contribution is -1.96. The molecule has 0 aromatic rings. The molecular weight excluding hydrogens is 304 g/mol. The van der Waals surface area contributed by atoms with Crippen molar-refractivity contribution in [1.82, 2.24) is 0 Å². The van der Waals surface area contributed by atoms with Crippen LogP contribution in [0.5, 0.6) is 0 Å². The summed E-state index contributed by atoms with van der Waals surface area (Å²) in [6.07, 6.45) is 6.51. The summed E-state index contributed by atoms with van der Waals surface area (Å²) < 4.78 is 0. The van der Waals surface area contributed by atoms with E-state index in [2.05, 4.69) is 0 Å².